The van der Waals surface area contributed by atoms with Crippen molar-refractivity contribution in [2.75, 3.05) is 0 Å². The highest BCUT2D eigenvalue weighted by Gasteiger charge is 2.31. The van der Waals surface area contributed by atoms with Crippen molar-refractivity contribution in [3.8, 4) is 22.3 Å². The molecule has 0 aliphatic heterocycles. The Kier molecular flexibility index (Phi) is 7.37. The predicted octanol–water partition coefficient (Wildman–Crippen LogP) is 10.6. The minimum atomic E-state index is -0.0869. The number of thiophene rings is 1. The minimum Gasteiger partial charge on any atom is -0.282 e. The molecule has 4 heteroatoms. The minimum absolute atomic E-state index is 0.0869. The van der Waals surface area contributed by atoms with E-state index in [9.17, 15) is 0 Å². The summed E-state index contributed by atoms with van der Waals surface area (Å²) in [6, 6.07) is 35.8. The van der Waals surface area contributed by atoms with Crippen LogP contribution in [0, 0.1) is 10.8 Å². The largest absolute Gasteiger partial charge is 0.282 e. The van der Waals surface area contributed by atoms with E-state index in [1.807, 2.05) is 41.7 Å². The van der Waals surface area contributed by atoms with Gasteiger partial charge in [-0.25, -0.2) is 9.98 Å². The van der Waals surface area contributed by atoms with Crippen molar-refractivity contribution in [3.63, 3.8) is 0 Å². The fourth-order valence-corrected chi connectivity index (χ4v) is 7.59. The van der Waals surface area contributed by atoms with E-state index in [1.165, 1.54) is 37.2 Å². The second kappa shape index (κ2) is 11.6. The molecule has 0 bridgehead atoms. The average Bonchev–Trinajstić information content (AvgIpc) is 3.47. The van der Waals surface area contributed by atoms with Gasteiger partial charge in [-0.1, -0.05) is 128 Å². The molecule has 7 rings (SSSR count). The summed E-state index contributed by atoms with van der Waals surface area (Å²) in [5, 5.41) is 10.2. The fraction of sp³-hybridized carbons (Fsp3) is 0.125. The number of aliphatic imine (C=N–C) groups is 2. The van der Waals surface area contributed by atoms with Crippen molar-refractivity contribution < 1.29 is 0 Å². The van der Waals surface area contributed by atoms with E-state index in [1.54, 1.807) is 0 Å². The highest BCUT2D eigenvalue weighted by Crippen LogP contribution is 2.47. The first-order valence-electron chi connectivity index (χ1n) is 15.0. The molecule has 0 fully saturated rings. The lowest BCUT2D eigenvalue weighted by Crippen LogP contribution is -2.21. The Morgan fingerprint density at radius 2 is 1.52 bits per heavy atom. The second-order valence-electron chi connectivity index (χ2n) is 11.7. The molecule has 214 valence electrons. The van der Waals surface area contributed by atoms with E-state index < -0.39 is 0 Å². The van der Waals surface area contributed by atoms with Gasteiger partial charge in [0.2, 0.25) is 0 Å². The summed E-state index contributed by atoms with van der Waals surface area (Å²) in [6.07, 6.45) is 11.8. The Balaban J connectivity index is 1.10. The number of nitrogens with one attached hydrogen (secondary N) is 1. The molecule has 2 aliphatic rings. The van der Waals surface area contributed by atoms with Crippen LogP contribution >= 0.6 is 11.3 Å². The third kappa shape index (κ3) is 5.23. The van der Waals surface area contributed by atoms with Crippen molar-refractivity contribution >= 4 is 45.9 Å². The summed E-state index contributed by atoms with van der Waals surface area (Å²) in [5.74, 6) is 0.662. The summed E-state index contributed by atoms with van der Waals surface area (Å²) in [6.45, 7) is 6.05. The molecule has 0 saturated heterocycles. The van der Waals surface area contributed by atoms with Gasteiger partial charge in [-0.05, 0) is 65.9 Å². The van der Waals surface area contributed by atoms with Gasteiger partial charge >= 0.3 is 0 Å². The smallest absolute Gasteiger partial charge is 0.161 e. The topological polar surface area (TPSA) is 48.6 Å². The Bertz CT molecular complexity index is 2010. The van der Waals surface area contributed by atoms with Crippen LogP contribution in [0.1, 0.15) is 35.8 Å². The zero-order valence-corrected chi connectivity index (χ0v) is 25.6. The Labute approximate surface area is 262 Å². The van der Waals surface area contributed by atoms with Gasteiger partial charge in [0, 0.05) is 31.5 Å². The van der Waals surface area contributed by atoms with Crippen LogP contribution in [-0.4, -0.2) is 18.4 Å². The molecule has 2 aliphatic carbocycles. The zero-order valence-electron chi connectivity index (χ0n) is 24.8. The summed E-state index contributed by atoms with van der Waals surface area (Å²) >= 11 is 1.90. The molecule has 1 N–H and O–H groups in total. The Morgan fingerprint density at radius 1 is 0.818 bits per heavy atom. The van der Waals surface area contributed by atoms with Crippen LogP contribution in [-0.2, 0) is 6.42 Å². The van der Waals surface area contributed by atoms with Crippen molar-refractivity contribution in [1.82, 2.24) is 0 Å². The number of allylic oxidation sites excluding steroid dienone is 3. The van der Waals surface area contributed by atoms with E-state index in [2.05, 4.69) is 121 Å². The predicted molar refractivity (Wildman–Crippen MR) is 189 cm³/mol. The van der Waals surface area contributed by atoms with Crippen LogP contribution in [0.25, 0.3) is 38.4 Å². The van der Waals surface area contributed by atoms with E-state index in [0.29, 0.717) is 5.84 Å². The first kappa shape index (κ1) is 27.9. The van der Waals surface area contributed by atoms with Crippen LogP contribution in [0.3, 0.4) is 0 Å². The number of hydrogen-bond donors (Lipinski definition) is 1. The van der Waals surface area contributed by atoms with E-state index in [-0.39, 0.29) is 11.3 Å². The molecule has 0 saturated carbocycles. The summed E-state index contributed by atoms with van der Waals surface area (Å²) in [7, 11) is 0. The number of amidine groups is 2. The molecule has 1 atom stereocenters. The lowest BCUT2D eigenvalue weighted by atomic mass is 9.72. The van der Waals surface area contributed by atoms with Crippen LogP contribution in [0.15, 0.2) is 142 Å². The molecular weight excluding hydrogens is 555 g/mol. The van der Waals surface area contributed by atoms with Crippen LogP contribution < -0.4 is 0 Å². The van der Waals surface area contributed by atoms with Crippen molar-refractivity contribution in [3.05, 3.63) is 149 Å². The van der Waals surface area contributed by atoms with Gasteiger partial charge < -0.3 is 0 Å². The van der Waals surface area contributed by atoms with Gasteiger partial charge in [-0.2, -0.15) is 0 Å². The average molecular weight is 588 g/mol. The number of nitrogens with zero attached hydrogens (tertiary/aromatic N) is 2. The maximum absolute atomic E-state index is 8.76. The van der Waals surface area contributed by atoms with Crippen LogP contribution in [0.5, 0.6) is 0 Å². The maximum Gasteiger partial charge on any atom is 0.161 e. The monoisotopic (exact) mass is 587 g/mol. The number of rotatable bonds is 5. The first-order valence-corrected chi connectivity index (χ1v) is 15.8. The summed E-state index contributed by atoms with van der Waals surface area (Å²) in [5.41, 5.74) is 9.39. The Hall–Kier alpha value is -4.93. The molecule has 44 heavy (non-hydrogen) atoms. The van der Waals surface area contributed by atoms with Crippen LogP contribution in [0.2, 0.25) is 0 Å². The summed E-state index contributed by atoms with van der Waals surface area (Å²) < 4.78 is 1.35. The number of hydrogen-bond acceptors (Lipinski definition) is 2. The van der Waals surface area contributed by atoms with E-state index in [4.69, 9.17) is 5.41 Å². The van der Waals surface area contributed by atoms with Crippen molar-refractivity contribution in [2.24, 2.45) is 15.4 Å². The normalized spacial score (nSPS) is 18.0. The van der Waals surface area contributed by atoms with Gasteiger partial charge in [-0.15, -0.1) is 11.3 Å². The third-order valence-electron chi connectivity index (χ3n) is 8.88. The van der Waals surface area contributed by atoms with E-state index >= 15 is 0 Å². The molecule has 0 spiro atoms. The van der Waals surface area contributed by atoms with Gasteiger partial charge in [0.05, 0.1) is 0 Å². The van der Waals surface area contributed by atoms with Gasteiger partial charge in [-0.3, -0.25) is 5.41 Å². The van der Waals surface area contributed by atoms with Crippen molar-refractivity contribution in [1.29, 1.82) is 5.41 Å². The third-order valence-corrected chi connectivity index (χ3v) is 10.0. The Morgan fingerprint density at radius 3 is 2.20 bits per heavy atom. The lowest BCUT2D eigenvalue weighted by Gasteiger charge is -2.33. The SMILES string of the molecule is C=N/C(=N\C(=N)C1=CCC(C)(C2=Cc3sc4cccc(-c5ccccc5)c4c3CC2)C=C1)c1ccc(-c2ccccc2)cc1. The van der Waals surface area contributed by atoms with Crippen LogP contribution in [0.4, 0.5) is 0 Å². The number of fused-ring (bicyclic) bond motifs is 3. The molecule has 1 unspecified atom stereocenters. The fourth-order valence-electron chi connectivity index (χ4n) is 6.34. The van der Waals surface area contributed by atoms with Gasteiger partial charge in [0.1, 0.15) is 0 Å². The molecule has 0 amide bonds. The molecule has 1 heterocycles. The second-order valence-corrected chi connectivity index (χ2v) is 12.7. The number of benzene rings is 4. The summed E-state index contributed by atoms with van der Waals surface area (Å²) in [4.78, 5) is 10.1. The van der Waals surface area contributed by atoms with Gasteiger partial charge in [0.15, 0.2) is 11.7 Å². The highest BCUT2D eigenvalue weighted by atomic mass is 32.1. The standard InChI is InChI=1S/C40H33N3S/c1-40(32-20-21-34-36(26-32)44-35-15-9-14-33(37(34)35)29-12-7-4-8-13-29)24-22-30(23-25-40)38(41)43-39(42-2)31-18-16-28(17-19-31)27-10-5-3-6-11-27/h3-19,22-24,26,41H,2,20-21,25H2,1H3/b41-38?,43-39-. The molecule has 0 radical (unpaired) electrons. The molecule has 3 nitrogen and oxygen atoms in total. The van der Waals surface area contributed by atoms with Crippen molar-refractivity contribution in [2.45, 2.75) is 26.2 Å². The maximum atomic E-state index is 8.76. The molecule has 5 aromatic rings. The zero-order chi connectivity index (χ0) is 30.1. The first-order chi connectivity index (χ1) is 21.5. The molecule has 1 aromatic heterocycles. The van der Waals surface area contributed by atoms with Gasteiger partial charge in [0.25, 0.3) is 0 Å². The lowest BCUT2D eigenvalue weighted by molar-refractivity contribution is 0.497. The highest BCUT2D eigenvalue weighted by molar-refractivity contribution is 7.20. The molecular formula is C40H33N3S. The quantitative estimate of drug-likeness (QED) is 0.157. The molecule has 4 aromatic carbocycles. The number of aryl methyl sites for hydroxylation is 1. The van der Waals surface area contributed by atoms with E-state index in [0.717, 1.165) is 41.5 Å².